The first kappa shape index (κ1) is 19.5. The van der Waals surface area contributed by atoms with Gasteiger partial charge in [0, 0.05) is 17.3 Å². The van der Waals surface area contributed by atoms with Gasteiger partial charge in [0.2, 0.25) is 5.91 Å². The van der Waals surface area contributed by atoms with E-state index < -0.39 is 6.04 Å². The SMILES string of the molecule is COc1ccc(OC)c([C@H](C)N[C@H](C)C(=O)Nc2ccc3[nH]c(=O)[nH]c3c2)c1. The molecule has 1 amide bonds. The van der Waals surface area contributed by atoms with Crippen molar-refractivity contribution in [1.29, 1.82) is 0 Å². The third kappa shape index (κ3) is 4.17. The van der Waals surface area contributed by atoms with Crippen LogP contribution < -0.4 is 25.8 Å². The largest absolute Gasteiger partial charge is 0.497 e. The molecule has 0 aliphatic heterocycles. The van der Waals surface area contributed by atoms with E-state index in [9.17, 15) is 9.59 Å². The second-order valence-electron chi connectivity index (χ2n) is 6.55. The smallest absolute Gasteiger partial charge is 0.323 e. The molecule has 28 heavy (non-hydrogen) atoms. The van der Waals surface area contributed by atoms with Crippen LogP contribution in [0.15, 0.2) is 41.2 Å². The van der Waals surface area contributed by atoms with E-state index >= 15 is 0 Å². The van der Waals surface area contributed by atoms with Crippen molar-refractivity contribution in [2.24, 2.45) is 0 Å². The minimum Gasteiger partial charge on any atom is -0.497 e. The lowest BCUT2D eigenvalue weighted by Crippen LogP contribution is -2.39. The molecular weight excluding hydrogens is 360 g/mol. The van der Waals surface area contributed by atoms with Gasteiger partial charge in [0.1, 0.15) is 11.5 Å². The molecule has 0 aliphatic carbocycles. The van der Waals surface area contributed by atoms with Crippen LogP contribution in [-0.2, 0) is 4.79 Å². The number of carbonyl (C=O) groups is 1. The Labute approximate surface area is 162 Å². The van der Waals surface area contributed by atoms with E-state index in [1.165, 1.54) is 0 Å². The number of benzene rings is 2. The molecule has 1 heterocycles. The Balaban J connectivity index is 1.70. The Kier molecular flexibility index (Phi) is 5.70. The molecule has 4 N–H and O–H groups in total. The summed E-state index contributed by atoms with van der Waals surface area (Å²) >= 11 is 0. The summed E-state index contributed by atoms with van der Waals surface area (Å²) in [5.41, 5.74) is 2.54. The molecule has 0 aliphatic rings. The van der Waals surface area contributed by atoms with Gasteiger partial charge in [-0.3, -0.25) is 10.1 Å². The Bertz CT molecular complexity index is 1040. The molecule has 3 aromatic rings. The summed E-state index contributed by atoms with van der Waals surface area (Å²) in [6.45, 7) is 3.74. The van der Waals surface area contributed by atoms with Crippen molar-refractivity contribution in [2.45, 2.75) is 25.9 Å². The fraction of sp³-hybridized carbons (Fsp3) is 0.300. The van der Waals surface area contributed by atoms with Crippen molar-refractivity contribution < 1.29 is 14.3 Å². The zero-order valence-electron chi connectivity index (χ0n) is 16.3. The quantitative estimate of drug-likeness (QED) is 0.501. The van der Waals surface area contributed by atoms with Gasteiger partial charge < -0.3 is 24.8 Å². The number of hydrogen-bond acceptors (Lipinski definition) is 5. The maximum atomic E-state index is 12.6. The van der Waals surface area contributed by atoms with Crippen LogP contribution in [0.3, 0.4) is 0 Å². The van der Waals surface area contributed by atoms with E-state index in [1.807, 2.05) is 25.1 Å². The highest BCUT2D eigenvalue weighted by Gasteiger charge is 2.19. The highest BCUT2D eigenvalue weighted by Crippen LogP contribution is 2.29. The van der Waals surface area contributed by atoms with Crippen LogP contribution in [0.4, 0.5) is 5.69 Å². The molecule has 1 aromatic heterocycles. The molecule has 8 heteroatoms. The highest BCUT2D eigenvalue weighted by molar-refractivity contribution is 5.96. The van der Waals surface area contributed by atoms with E-state index in [0.717, 1.165) is 17.1 Å². The summed E-state index contributed by atoms with van der Waals surface area (Å²) in [6, 6.07) is 10.1. The molecule has 2 atom stereocenters. The molecule has 8 nitrogen and oxygen atoms in total. The van der Waals surface area contributed by atoms with Gasteiger partial charge in [-0.15, -0.1) is 0 Å². The summed E-state index contributed by atoms with van der Waals surface area (Å²) < 4.78 is 10.7. The van der Waals surface area contributed by atoms with Crippen molar-refractivity contribution in [3.8, 4) is 11.5 Å². The monoisotopic (exact) mass is 384 g/mol. The van der Waals surface area contributed by atoms with Gasteiger partial charge in [-0.1, -0.05) is 0 Å². The van der Waals surface area contributed by atoms with E-state index in [2.05, 4.69) is 20.6 Å². The van der Waals surface area contributed by atoms with Crippen molar-refractivity contribution in [3.05, 3.63) is 52.4 Å². The lowest BCUT2D eigenvalue weighted by molar-refractivity contribution is -0.117. The van der Waals surface area contributed by atoms with Crippen molar-refractivity contribution in [2.75, 3.05) is 19.5 Å². The first-order valence-electron chi connectivity index (χ1n) is 8.92. The number of hydrogen-bond donors (Lipinski definition) is 4. The third-order valence-corrected chi connectivity index (χ3v) is 4.58. The average Bonchev–Trinajstić information content (AvgIpc) is 3.06. The molecule has 0 bridgehead atoms. The average molecular weight is 384 g/mol. The first-order chi connectivity index (χ1) is 13.4. The zero-order valence-corrected chi connectivity index (χ0v) is 16.3. The Morgan fingerprint density at radius 1 is 1.00 bits per heavy atom. The summed E-state index contributed by atoms with van der Waals surface area (Å²) in [5, 5.41) is 6.13. The Morgan fingerprint density at radius 2 is 1.75 bits per heavy atom. The molecule has 0 radical (unpaired) electrons. The number of H-pyrrole nitrogens is 2. The fourth-order valence-electron chi connectivity index (χ4n) is 3.08. The summed E-state index contributed by atoms with van der Waals surface area (Å²) in [7, 11) is 3.21. The second kappa shape index (κ2) is 8.18. The molecule has 0 fully saturated rings. The van der Waals surface area contributed by atoms with Gasteiger partial charge in [0.15, 0.2) is 0 Å². The van der Waals surface area contributed by atoms with Gasteiger partial charge in [-0.2, -0.15) is 0 Å². The number of anilines is 1. The minimum atomic E-state index is -0.466. The summed E-state index contributed by atoms with van der Waals surface area (Å²) in [5.74, 6) is 1.25. The molecular formula is C20H24N4O4. The maximum absolute atomic E-state index is 12.6. The molecule has 0 saturated heterocycles. The van der Waals surface area contributed by atoms with Crippen molar-refractivity contribution >= 4 is 22.6 Å². The standard InChI is InChI=1S/C20H24N4O4/c1-11(15-10-14(27-3)6-8-18(15)28-4)21-12(2)19(25)22-13-5-7-16-17(9-13)24-20(26)23-16/h5-12,21H,1-4H3,(H,22,25)(H2,23,24,26)/t11-,12+/m0/s1. The van der Waals surface area contributed by atoms with Crippen LogP contribution in [0.5, 0.6) is 11.5 Å². The molecule has 0 spiro atoms. The van der Waals surface area contributed by atoms with E-state index in [0.29, 0.717) is 16.7 Å². The van der Waals surface area contributed by atoms with Crippen LogP contribution in [0.2, 0.25) is 0 Å². The van der Waals surface area contributed by atoms with Gasteiger partial charge in [0.25, 0.3) is 0 Å². The lowest BCUT2D eigenvalue weighted by atomic mass is 10.1. The number of rotatable bonds is 7. The number of fused-ring (bicyclic) bond motifs is 1. The van der Waals surface area contributed by atoms with Gasteiger partial charge in [-0.25, -0.2) is 4.79 Å². The number of amides is 1. The number of nitrogens with one attached hydrogen (secondary N) is 4. The van der Waals surface area contributed by atoms with Crippen LogP contribution in [0, 0.1) is 0 Å². The molecule has 2 aromatic carbocycles. The summed E-state index contributed by atoms with van der Waals surface area (Å²) in [6.07, 6.45) is 0. The molecule has 0 saturated carbocycles. The predicted octanol–water partition coefficient (Wildman–Crippen LogP) is 2.55. The van der Waals surface area contributed by atoms with Gasteiger partial charge in [-0.05, 0) is 50.2 Å². The number of carbonyl (C=O) groups excluding carboxylic acids is 1. The minimum absolute atomic E-state index is 0.144. The molecule has 3 rings (SSSR count). The highest BCUT2D eigenvalue weighted by atomic mass is 16.5. The van der Waals surface area contributed by atoms with E-state index in [1.54, 1.807) is 39.3 Å². The van der Waals surface area contributed by atoms with E-state index in [-0.39, 0.29) is 17.6 Å². The molecule has 0 unspecified atom stereocenters. The maximum Gasteiger partial charge on any atom is 0.323 e. The normalized spacial score (nSPS) is 13.1. The number of imidazole rings is 1. The second-order valence-corrected chi connectivity index (χ2v) is 6.55. The van der Waals surface area contributed by atoms with Crippen LogP contribution in [0.25, 0.3) is 11.0 Å². The first-order valence-corrected chi connectivity index (χ1v) is 8.92. The van der Waals surface area contributed by atoms with E-state index in [4.69, 9.17) is 9.47 Å². The van der Waals surface area contributed by atoms with Gasteiger partial charge >= 0.3 is 5.69 Å². The van der Waals surface area contributed by atoms with Crippen LogP contribution in [0.1, 0.15) is 25.5 Å². The van der Waals surface area contributed by atoms with Crippen LogP contribution >= 0.6 is 0 Å². The number of ether oxygens (including phenoxy) is 2. The Morgan fingerprint density at radius 3 is 2.46 bits per heavy atom. The topological polar surface area (TPSA) is 108 Å². The van der Waals surface area contributed by atoms with Crippen molar-refractivity contribution in [3.63, 3.8) is 0 Å². The lowest BCUT2D eigenvalue weighted by Gasteiger charge is -2.22. The van der Waals surface area contributed by atoms with Gasteiger partial charge in [0.05, 0.1) is 31.3 Å². The third-order valence-electron chi connectivity index (χ3n) is 4.58. The number of aromatic amines is 2. The fourth-order valence-corrected chi connectivity index (χ4v) is 3.08. The van der Waals surface area contributed by atoms with Crippen LogP contribution in [-0.4, -0.2) is 36.1 Å². The van der Waals surface area contributed by atoms with Crippen molar-refractivity contribution in [1.82, 2.24) is 15.3 Å². The Hall–Kier alpha value is -3.26. The summed E-state index contributed by atoms with van der Waals surface area (Å²) in [4.78, 5) is 29.3. The number of aromatic nitrogens is 2. The molecule has 148 valence electrons. The predicted molar refractivity (Wildman–Crippen MR) is 108 cm³/mol. The number of methoxy groups -OCH3 is 2. The zero-order chi connectivity index (χ0) is 20.3.